The van der Waals surface area contributed by atoms with Crippen LogP contribution in [0.25, 0.3) is 44.7 Å². The molecule has 12 aromatic rings. The zero-order chi connectivity index (χ0) is 97.0. The Balaban J connectivity index is 0.000000112. The van der Waals surface area contributed by atoms with Crippen LogP contribution < -0.4 is 9.47 Å². The number of hydrogen-bond acceptors (Lipinski definition) is 31. The minimum absolute atomic E-state index is 0.00567. The van der Waals surface area contributed by atoms with Gasteiger partial charge < -0.3 is 64.6 Å². The summed E-state index contributed by atoms with van der Waals surface area (Å²) in [7, 11) is -4.71. The first kappa shape index (κ1) is 98.3. The zero-order valence-corrected chi connectivity index (χ0v) is 86.2. The number of fused-ring (bicyclic) bond motifs is 8. The summed E-state index contributed by atoms with van der Waals surface area (Å²) in [5, 5.41) is 8.85. The van der Waals surface area contributed by atoms with Crippen molar-refractivity contribution < 1.29 is 64.6 Å². The standard InChI is InChI=1S/C27H33N6O4P.C27H36N5O4P.2C24H30N5O3P/c1-4-20-21(36-38-33-14-8-12-22(33)27(3,37-38)19-10-6-5-7-11-19)16-23(35-20)32-17-29-24-25(32)30-18(2)31-26(24)34-15-9-13-28;1-5-15-33-26-24-25(29-18(3)30-26)31(17-28-24)23-16-21(20(6-2)34-23)35-37-32-14-10-13-22(32)27(4,36-37)19-11-8-7-9-12-19;2*1-4-18-19(13-21(30-18)28-15-27-22-16(2)25-14-26-23(22)28)31-33-29-12-8-11-20(29)24(3,32-33)17-9-6-5-7-10-17/h5-7,10-11,17,20-23H,4,8-9,12,14-16H2,1-3H3;7-9,11-12,17,20-23H,5-6,10,13-16H2,1-4H3;2*5-7,9-10,14-15,18-21H,4,8,11-13H2,1-3H3/t20-,21-,22-,23-,27+,38-;20-,21-,22+,23-,27-,37+;18-,19-,20+,21-,24-,33+;18-,19-,20-,21-,24+,33-/m1111/s1. The quantitative estimate of drug-likeness (QED) is 0.0359. The first-order chi connectivity index (χ1) is 68.7. The zero-order valence-electron chi connectivity index (χ0n) is 82.6. The molecule has 24 atom stereocenters. The van der Waals surface area contributed by atoms with Gasteiger partial charge in [0.1, 0.15) is 89.3 Å². The Hall–Kier alpha value is -8.75. The normalized spacial score (nSPS) is 32.8. The van der Waals surface area contributed by atoms with Crippen molar-refractivity contribution in [1.29, 1.82) is 5.26 Å². The van der Waals surface area contributed by atoms with Gasteiger partial charge in [0, 0.05) is 51.9 Å². The van der Waals surface area contributed by atoms with Crippen LogP contribution in [0.3, 0.4) is 0 Å². The number of ether oxygens (including phenoxy) is 6. The second-order valence-corrected chi connectivity index (χ2v) is 44.7. The van der Waals surface area contributed by atoms with Crippen LogP contribution in [0.15, 0.2) is 159 Å². The molecule has 0 saturated carbocycles. The summed E-state index contributed by atoms with van der Waals surface area (Å²) >= 11 is 0. The molecule has 12 saturated heterocycles. The van der Waals surface area contributed by atoms with E-state index in [2.05, 4.69) is 262 Å². The highest BCUT2D eigenvalue weighted by Crippen LogP contribution is 2.69. The van der Waals surface area contributed by atoms with E-state index in [1.807, 2.05) is 64.7 Å². The molecule has 24 rings (SSSR count). The third-order valence-electron chi connectivity index (χ3n) is 30.2. The second-order valence-electron chi connectivity index (χ2n) is 39.1. The van der Waals surface area contributed by atoms with Gasteiger partial charge in [-0.1, -0.05) is 156 Å². The minimum atomic E-state index is -1.21. The third-order valence-corrected chi connectivity index (χ3v) is 37.7. The van der Waals surface area contributed by atoms with E-state index in [4.69, 9.17) is 69.9 Å². The van der Waals surface area contributed by atoms with Crippen LogP contribution in [0, 0.1) is 39.0 Å². The fraction of sp³-hybridized carbons (Fsp3) is 0.559. The third kappa shape index (κ3) is 18.9. The first-order valence-corrected chi connectivity index (χ1v) is 55.1. The van der Waals surface area contributed by atoms with E-state index < -0.39 is 34.1 Å². The molecule has 8 aromatic heterocycles. The van der Waals surface area contributed by atoms with Gasteiger partial charge in [-0.05, 0) is 161 Å². The molecular weight excluding hydrogens is 1870 g/mol. The maximum absolute atomic E-state index is 8.85. The summed E-state index contributed by atoms with van der Waals surface area (Å²) < 4.78 is 109. The fourth-order valence-electron chi connectivity index (χ4n) is 22.7. The smallest absolute Gasteiger partial charge is 0.260 e. The van der Waals surface area contributed by atoms with Crippen molar-refractivity contribution in [2.24, 2.45) is 0 Å². The number of aryl methyl sites for hydroxylation is 4. The molecule has 141 heavy (non-hydrogen) atoms. The van der Waals surface area contributed by atoms with Crippen molar-refractivity contribution in [3.63, 3.8) is 0 Å². The van der Waals surface area contributed by atoms with Crippen molar-refractivity contribution in [2.45, 2.75) is 326 Å². The molecule has 12 aliphatic rings. The number of nitrogens with zero attached hydrogens (tertiary/aromatic N) is 21. The molecule has 35 nitrogen and oxygen atoms in total. The molecule has 0 N–H and O–H groups in total. The molecule has 0 spiro atoms. The van der Waals surface area contributed by atoms with Gasteiger partial charge in [0.05, 0.1) is 129 Å². The van der Waals surface area contributed by atoms with Crippen LogP contribution in [-0.4, -0.2) is 209 Å². The van der Waals surface area contributed by atoms with Gasteiger partial charge >= 0.3 is 0 Å². The number of imidazole rings is 4. The van der Waals surface area contributed by atoms with Gasteiger partial charge in [-0.25, -0.2) is 68.5 Å². The van der Waals surface area contributed by atoms with Crippen molar-refractivity contribution >= 4 is 78.8 Å². The number of rotatable bonds is 26. The van der Waals surface area contributed by atoms with Gasteiger partial charge in [-0.15, -0.1) is 0 Å². The van der Waals surface area contributed by atoms with Crippen LogP contribution >= 0.6 is 34.1 Å². The number of aromatic nitrogens is 16. The molecule has 20 heterocycles. The lowest BCUT2D eigenvalue weighted by atomic mass is 9.87. The average molecular weight is 2000 g/mol. The first-order valence-electron chi connectivity index (χ1n) is 50.6. The second kappa shape index (κ2) is 42.0. The molecule has 0 amide bonds. The van der Waals surface area contributed by atoms with E-state index in [0.29, 0.717) is 83.7 Å². The highest BCUT2D eigenvalue weighted by Gasteiger charge is 2.61. The highest BCUT2D eigenvalue weighted by atomic mass is 31.2. The van der Waals surface area contributed by atoms with E-state index in [9.17, 15) is 0 Å². The monoisotopic (exact) mass is 2000 g/mol. The van der Waals surface area contributed by atoms with Crippen molar-refractivity contribution in [3.05, 3.63) is 205 Å². The van der Waals surface area contributed by atoms with Gasteiger partial charge in [-0.3, -0.25) is 18.3 Å². The Kier molecular flexibility index (Phi) is 29.3. The summed E-state index contributed by atoms with van der Waals surface area (Å²) in [6, 6.07) is 45.7. The van der Waals surface area contributed by atoms with E-state index in [-0.39, 0.29) is 109 Å². The van der Waals surface area contributed by atoms with E-state index in [1.165, 1.54) is 41.5 Å². The number of nitriles is 1. The lowest BCUT2D eigenvalue weighted by molar-refractivity contribution is -0.0163. The average Bonchev–Trinajstić information content (AvgIpc) is 1.59. The van der Waals surface area contributed by atoms with Crippen molar-refractivity contribution in [3.8, 4) is 17.8 Å². The molecule has 39 heteroatoms. The number of hydrogen-bond donors (Lipinski definition) is 0. The molecule has 12 aliphatic heterocycles. The molecule has 0 radical (unpaired) electrons. The topological polar surface area (TPSA) is 340 Å². The molecule has 746 valence electrons. The van der Waals surface area contributed by atoms with Crippen molar-refractivity contribution in [1.82, 2.24) is 96.8 Å². The summed E-state index contributed by atoms with van der Waals surface area (Å²) in [5.74, 6) is 2.15. The van der Waals surface area contributed by atoms with Crippen LogP contribution in [0.4, 0.5) is 0 Å². The molecule has 4 aromatic carbocycles. The molecular formula is C102H129N21O14P4. The minimum Gasteiger partial charge on any atom is -0.476 e. The molecule has 12 fully saturated rings. The number of benzene rings is 4. The maximum atomic E-state index is 8.85. The predicted molar refractivity (Wildman–Crippen MR) is 533 cm³/mol. The Morgan fingerprint density at radius 1 is 0.362 bits per heavy atom. The Morgan fingerprint density at radius 3 is 0.929 bits per heavy atom. The Labute approximate surface area is 828 Å². The highest BCUT2D eigenvalue weighted by molar-refractivity contribution is 7.45. The summed E-state index contributed by atoms with van der Waals surface area (Å²) in [6.45, 7) is 32.0. The molecule has 0 bridgehead atoms. The summed E-state index contributed by atoms with van der Waals surface area (Å²) in [6.07, 6.45) is 25.8. The predicted octanol–water partition coefficient (Wildman–Crippen LogP) is 20.5. The molecule has 0 aliphatic carbocycles. The van der Waals surface area contributed by atoms with Crippen LogP contribution in [0.2, 0.25) is 0 Å². The lowest BCUT2D eigenvalue weighted by Crippen LogP contribution is -2.36. The Bertz CT molecular complexity index is 6190. The lowest BCUT2D eigenvalue weighted by Gasteiger charge is -2.29. The van der Waals surface area contributed by atoms with Gasteiger partial charge in [0.15, 0.2) is 33.6 Å². The summed E-state index contributed by atoms with van der Waals surface area (Å²) in [4.78, 5) is 53.8. The fourth-order valence-corrected chi connectivity index (χ4v) is 31.3. The van der Waals surface area contributed by atoms with Crippen molar-refractivity contribution in [2.75, 3.05) is 39.4 Å². The van der Waals surface area contributed by atoms with Crippen LogP contribution in [-0.2, 0) is 77.5 Å². The Morgan fingerprint density at radius 2 is 0.645 bits per heavy atom. The summed E-state index contributed by atoms with van der Waals surface area (Å²) in [5.41, 5.74) is 11.0. The van der Waals surface area contributed by atoms with Gasteiger partial charge in [0.25, 0.3) is 34.1 Å². The SMILES string of the molecule is CCCOc1nc(C)nc2c1ncn2[C@H]1C[C@@H](O[P@@]2O[C@](C)(c3ccccc3)[C@@H]3CCCN32)[C@@H](CC)O1.CC[C@H]1O[C@@H](n2cnc3c(C)ncnc32)C[C@H]1O[P@@]1O[C@](C)(c2ccccc2)[C@@H]2CCCN21.CC[C@H]1O[C@@H](n2cnc3c(C)ncnc32)C[C@H]1O[P@]1O[C@@](C)(c2ccccc2)[C@H]2CCCN21.CC[C@H]1O[C@@H](n2cnc3c(OCCC#N)nc(C)nc32)C[C@H]1O[P@]1O[C@@](C)(c2ccccc2)[C@H]2CCCN21. The van der Waals surface area contributed by atoms with Crippen LogP contribution in [0.5, 0.6) is 11.8 Å². The largest absolute Gasteiger partial charge is 0.476 e. The molecule has 0 unspecified atom stereocenters. The maximum Gasteiger partial charge on any atom is 0.260 e. The van der Waals surface area contributed by atoms with E-state index >= 15 is 0 Å². The van der Waals surface area contributed by atoms with E-state index in [1.54, 1.807) is 25.3 Å². The van der Waals surface area contributed by atoms with Gasteiger partial charge in [-0.2, -0.15) is 15.2 Å². The van der Waals surface area contributed by atoms with Crippen LogP contribution in [0.1, 0.15) is 248 Å². The van der Waals surface area contributed by atoms with E-state index in [0.717, 1.165) is 143 Å². The van der Waals surface area contributed by atoms with Gasteiger partial charge in [0.2, 0.25) is 11.8 Å².